The molecule has 6 nitrogen and oxygen atoms in total. The van der Waals surface area contributed by atoms with Gasteiger partial charge in [-0.15, -0.1) is 0 Å². The van der Waals surface area contributed by atoms with E-state index in [4.69, 9.17) is 4.98 Å². The van der Waals surface area contributed by atoms with Gasteiger partial charge in [-0.25, -0.2) is 0 Å². The standard InChI is InChI=1S/C20H16FN3O3/c21-15-10-9-12(11-18(15)24(26)27)22-20(25)19-13-5-1-3-7-16(13)23-17-8-4-2-6-14(17)19/h1,3,5,7,9-11H,2,4,6,8H2,(H,22,25). The van der Waals surface area contributed by atoms with Crippen LogP contribution in [0.1, 0.15) is 34.5 Å². The third-order valence-electron chi connectivity index (χ3n) is 4.80. The van der Waals surface area contributed by atoms with Crippen LogP contribution in [0, 0.1) is 15.9 Å². The Morgan fingerprint density at radius 2 is 1.93 bits per heavy atom. The van der Waals surface area contributed by atoms with E-state index in [2.05, 4.69) is 5.32 Å². The van der Waals surface area contributed by atoms with Crippen molar-refractivity contribution in [3.05, 3.63) is 75.2 Å². The number of fused-ring (bicyclic) bond motifs is 2. The number of rotatable bonds is 3. The number of nitrogens with one attached hydrogen (secondary N) is 1. The maximum absolute atomic E-state index is 13.6. The van der Waals surface area contributed by atoms with E-state index in [0.29, 0.717) is 5.56 Å². The number of halogens is 1. The number of anilines is 1. The second kappa shape index (κ2) is 6.75. The molecule has 27 heavy (non-hydrogen) atoms. The number of amides is 1. The van der Waals surface area contributed by atoms with Gasteiger partial charge in [-0.2, -0.15) is 4.39 Å². The van der Waals surface area contributed by atoms with E-state index in [-0.39, 0.29) is 11.6 Å². The molecule has 1 N–H and O–H groups in total. The van der Waals surface area contributed by atoms with Gasteiger partial charge in [0.25, 0.3) is 5.91 Å². The Kier molecular flexibility index (Phi) is 4.27. The number of aryl methyl sites for hydroxylation is 1. The molecule has 3 aromatic rings. The number of aromatic nitrogens is 1. The predicted octanol–water partition coefficient (Wildman–Crippen LogP) is 4.41. The smallest absolute Gasteiger partial charge is 0.306 e. The molecule has 0 radical (unpaired) electrons. The van der Waals surface area contributed by atoms with Crippen LogP contribution in [0.5, 0.6) is 0 Å². The monoisotopic (exact) mass is 365 g/mol. The Morgan fingerprint density at radius 3 is 2.74 bits per heavy atom. The van der Waals surface area contributed by atoms with Crippen LogP contribution in [-0.2, 0) is 12.8 Å². The second-order valence-corrected chi connectivity index (χ2v) is 6.51. The zero-order valence-electron chi connectivity index (χ0n) is 14.4. The summed E-state index contributed by atoms with van der Waals surface area (Å²) >= 11 is 0. The van der Waals surface area contributed by atoms with Crippen molar-refractivity contribution >= 4 is 28.2 Å². The van der Waals surface area contributed by atoms with E-state index >= 15 is 0 Å². The fourth-order valence-electron chi connectivity index (χ4n) is 3.56. The van der Waals surface area contributed by atoms with Crippen molar-refractivity contribution in [2.75, 3.05) is 5.32 Å². The number of hydrogen-bond acceptors (Lipinski definition) is 4. The van der Waals surface area contributed by atoms with Crippen LogP contribution in [0.15, 0.2) is 42.5 Å². The van der Waals surface area contributed by atoms with E-state index < -0.39 is 16.4 Å². The molecular weight excluding hydrogens is 349 g/mol. The number of para-hydroxylation sites is 1. The van der Waals surface area contributed by atoms with E-state index in [1.54, 1.807) is 0 Å². The molecule has 4 rings (SSSR count). The Morgan fingerprint density at radius 1 is 1.15 bits per heavy atom. The van der Waals surface area contributed by atoms with Crippen LogP contribution < -0.4 is 5.32 Å². The zero-order valence-corrected chi connectivity index (χ0v) is 14.4. The summed E-state index contributed by atoms with van der Waals surface area (Å²) in [6.45, 7) is 0. The fraction of sp³-hybridized carbons (Fsp3) is 0.200. The number of carbonyl (C=O) groups excluding carboxylic acids is 1. The van der Waals surface area contributed by atoms with Crippen LogP contribution >= 0.6 is 0 Å². The number of nitrogens with zero attached hydrogens (tertiary/aromatic N) is 2. The average molecular weight is 365 g/mol. The van der Waals surface area contributed by atoms with Gasteiger partial charge in [-0.3, -0.25) is 19.9 Å². The third kappa shape index (κ3) is 3.12. The van der Waals surface area contributed by atoms with Gasteiger partial charge < -0.3 is 5.32 Å². The highest BCUT2D eigenvalue weighted by Gasteiger charge is 2.23. The quantitative estimate of drug-likeness (QED) is 0.550. The van der Waals surface area contributed by atoms with Crippen LogP contribution in [0.3, 0.4) is 0 Å². The summed E-state index contributed by atoms with van der Waals surface area (Å²) in [5.74, 6) is -1.31. The molecule has 1 aromatic heterocycles. The Labute approximate surface area is 154 Å². The van der Waals surface area contributed by atoms with Gasteiger partial charge in [0.2, 0.25) is 5.82 Å². The predicted molar refractivity (Wildman–Crippen MR) is 99.4 cm³/mol. The molecule has 1 aliphatic carbocycles. The van der Waals surface area contributed by atoms with Crippen molar-refractivity contribution in [2.45, 2.75) is 25.7 Å². The highest BCUT2D eigenvalue weighted by Crippen LogP contribution is 2.30. The van der Waals surface area contributed by atoms with E-state index in [1.807, 2.05) is 24.3 Å². The molecule has 0 saturated heterocycles. The summed E-state index contributed by atoms with van der Waals surface area (Å²) in [5.41, 5.74) is 2.65. The van der Waals surface area contributed by atoms with Crippen molar-refractivity contribution in [1.82, 2.24) is 4.98 Å². The molecule has 0 atom stereocenters. The summed E-state index contributed by atoms with van der Waals surface area (Å²) < 4.78 is 13.6. The van der Waals surface area contributed by atoms with Crippen molar-refractivity contribution in [3.63, 3.8) is 0 Å². The Bertz CT molecular complexity index is 1080. The van der Waals surface area contributed by atoms with Gasteiger partial charge in [-0.05, 0) is 49.4 Å². The van der Waals surface area contributed by atoms with Crippen LogP contribution in [0.2, 0.25) is 0 Å². The van der Waals surface area contributed by atoms with Gasteiger partial charge in [0.1, 0.15) is 0 Å². The summed E-state index contributed by atoms with van der Waals surface area (Å²) in [7, 11) is 0. The van der Waals surface area contributed by atoms with E-state index in [1.165, 1.54) is 6.07 Å². The zero-order chi connectivity index (χ0) is 19.0. The molecule has 1 heterocycles. The first-order valence-corrected chi connectivity index (χ1v) is 8.70. The Hall–Kier alpha value is -3.35. The maximum atomic E-state index is 13.6. The molecule has 7 heteroatoms. The van der Waals surface area contributed by atoms with Gasteiger partial charge in [0, 0.05) is 22.8 Å². The number of nitro benzene ring substituents is 1. The highest BCUT2D eigenvalue weighted by molar-refractivity contribution is 6.13. The number of pyridine rings is 1. The lowest BCUT2D eigenvalue weighted by Crippen LogP contribution is -2.19. The van der Waals surface area contributed by atoms with Gasteiger partial charge in [-0.1, -0.05) is 18.2 Å². The minimum Gasteiger partial charge on any atom is -0.322 e. The normalized spacial score (nSPS) is 13.2. The molecule has 0 spiro atoms. The van der Waals surface area contributed by atoms with Gasteiger partial charge in [0.05, 0.1) is 16.0 Å². The molecule has 0 bridgehead atoms. The minimum absolute atomic E-state index is 0.179. The third-order valence-corrected chi connectivity index (χ3v) is 4.80. The molecule has 1 aliphatic rings. The van der Waals surface area contributed by atoms with Gasteiger partial charge >= 0.3 is 5.69 Å². The molecule has 1 amide bonds. The first-order chi connectivity index (χ1) is 13.0. The first-order valence-electron chi connectivity index (χ1n) is 8.70. The van der Waals surface area contributed by atoms with E-state index in [0.717, 1.165) is 60.0 Å². The topological polar surface area (TPSA) is 85.1 Å². The number of nitro groups is 1. The van der Waals surface area contributed by atoms with Crippen molar-refractivity contribution in [2.24, 2.45) is 0 Å². The van der Waals surface area contributed by atoms with Crippen molar-refractivity contribution in [3.8, 4) is 0 Å². The lowest BCUT2D eigenvalue weighted by molar-refractivity contribution is -0.387. The SMILES string of the molecule is O=C(Nc1ccc(F)c([N+](=O)[O-])c1)c1c2c(nc3ccccc13)CCCC2. The Balaban J connectivity index is 1.79. The molecular formula is C20H16FN3O3. The van der Waals surface area contributed by atoms with Crippen molar-refractivity contribution < 1.29 is 14.1 Å². The number of benzene rings is 2. The fourth-order valence-corrected chi connectivity index (χ4v) is 3.56. The summed E-state index contributed by atoms with van der Waals surface area (Å²) in [5, 5.41) is 14.4. The average Bonchev–Trinajstić information content (AvgIpc) is 2.67. The van der Waals surface area contributed by atoms with Crippen LogP contribution in [-0.4, -0.2) is 15.8 Å². The largest absolute Gasteiger partial charge is 0.322 e. The van der Waals surface area contributed by atoms with Crippen molar-refractivity contribution in [1.29, 1.82) is 0 Å². The lowest BCUT2D eigenvalue weighted by atomic mass is 9.89. The first kappa shape index (κ1) is 17.1. The minimum atomic E-state index is -0.940. The molecule has 0 saturated carbocycles. The maximum Gasteiger partial charge on any atom is 0.306 e. The lowest BCUT2D eigenvalue weighted by Gasteiger charge is -2.20. The summed E-state index contributed by atoms with van der Waals surface area (Å²) in [6, 6.07) is 10.8. The number of carbonyl (C=O) groups is 1. The van der Waals surface area contributed by atoms with Gasteiger partial charge in [0.15, 0.2) is 0 Å². The summed E-state index contributed by atoms with van der Waals surface area (Å²) in [4.78, 5) is 27.9. The highest BCUT2D eigenvalue weighted by atomic mass is 19.1. The van der Waals surface area contributed by atoms with Crippen LogP contribution in [0.25, 0.3) is 10.9 Å². The molecule has 0 aliphatic heterocycles. The molecule has 0 fully saturated rings. The molecule has 0 unspecified atom stereocenters. The van der Waals surface area contributed by atoms with Crippen LogP contribution in [0.4, 0.5) is 15.8 Å². The molecule has 136 valence electrons. The molecule has 2 aromatic carbocycles. The van der Waals surface area contributed by atoms with E-state index in [9.17, 15) is 19.3 Å². The summed E-state index contributed by atoms with van der Waals surface area (Å²) in [6.07, 6.45) is 3.60. The number of hydrogen-bond donors (Lipinski definition) is 1. The second-order valence-electron chi connectivity index (χ2n) is 6.51.